The van der Waals surface area contributed by atoms with E-state index in [9.17, 15) is 9.59 Å². The number of ether oxygens (including phenoxy) is 2. The molecule has 2 N–H and O–H groups in total. The molecule has 1 saturated heterocycles. The molecule has 0 saturated carbocycles. The Morgan fingerprint density at radius 2 is 2.17 bits per heavy atom. The van der Waals surface area contributed by atoms with Crippen LogP contribution >= 0.6 is 12.4 Å². The van der Waals surface area contributed by atoms with Crippen molar-refractivity contribution in [3.05, 3.63) is 0 Å². The van der Waals surface area contributed by atoms with E-state index in [4.69, 9.17) is 4.74 Å². The van der Waals surface area contributed by atoms with Gasteiger partial charge in [-0.1, -0.05) is 0 Å². The number of morpholine rings is 1. The summed E-state index contributed by atoms with van der Waals surface area (Å²) in [4.78, 5) is 23.1. The number of halogens is 1. The van der Waals surface area contributed by atoms with Gasteiger partial charge in [-0.3, -0.25) is 9.59 Å². The molecule has 7 heteroatoms. The third kappa shape index (κ3) is 4.80. The monoisotopic (exact) mass is 280 g/mol. The van der Waals surface area contributed by atoms with Crippen LogP contribution in [0, 0.1) is 5.41 Å². The highest BCUT2D eigenvalue weighted by molar-refractivity contribution is 5.85. The van der Waals surface area contributed by atoms with E-state index < -0.39 is 11.5 Å². The minimum absolute atomic E-state index is 0. The molecule has 0 aromatic rings. The Bertz CT molecular complexity index is 291. The second-order valence-electron chi connectivity index (χ2n) is 4.66. The average molecular weight is 281 g/mol. The van der Waals surface area contributed by atoms with Gasteiger partial charge in [-0.25, -0.2) is 0 Å². The molecule has 0 radical (unpaired) electrons. The Morgan fingerprint density at radius 3 is 2.67 bits per heavy atom. The number of hydrogen-bond donors (Lipinski definition) is 2. The molecular weight excluding hydrogens is 260 g/mol. The Morgan fingerprint density at radius 1 is 1.50 bits per heavy atom. The van der Waals surface area contributed by atoms with Crippen LogP contribution in [-0.2, 0) is 19.1 Å². The van der Waals surface area contributed by atoms with Gasteiger partial charge in [0.1, 0.15) is 6.10 Å². The molecule has 1 aliphatic rings. The van der Waals surface area contributed by atoms with Crippen molar-refractivity contribution in [3.63, 3.8) is 0 Å². The van der Waals surface area contributed by atoms with Crippen molar-refractivity contribution in [1.82, 2.24) is 10.6 Å². The standard InChI is InChI=1S/C11H20N2O4.ClH/c1-11(2,10(15)16-3)7-13-9(14)8-6-12-4-5-17-8;/h8,12H,4-7H2,1-3H3,(H,13,14);1H. The van der Waals surface area contributed by atoms with E-state index in [0.717, 1.165) is 6.54 Å². The van der Waals surface area contributed by atoms with Crippen LogP contribution in [0.3, 0.4) is 0 Å². The maximum Gasteiger partial charge on any atom is 0.313 e. The van der Waals surface area contributed by atoms with Crippen molar-refractivity contribution < 1.29 is 19.1 Å². The highest BCUT2D eigenvalue weighted by Crippen LogP contribution is 2.15. The van der Waals surface area contributed by atoms with Crippen molar-refractivity contribution >= 4 is 24.3 Å². The lowest BCUT2D eigenvalue weighted by Crippen LogP contribution is -2.50. The number of carbonyl (C=O) groups is 2. The van der Waals surface area contributed by atoms with Crippen LogP contribution in [0.2, 0.25) is 0 Å². The van der Waals surface area contributed by atoms with Crippen molar-refractivity contribution in [2.45, 2.75) is 20.0 Å². The minimum Gasteiger partial charge on any atom is -0.469 e. The van der Waals surface area contributed by atoms with Gasteiger partial charge in [-0.2, -0.15) is 0 Å². The zero-order valence-corrected chi connectivity index (χ0v) is 11.8. The number of nitrogens with one attached hydrogen (secondary N) is 2. The molecule has 0 aromatic heterocycles. The van der Waals surface area contributed by atoms with Gasteiger partial charge < -0.3 is 20.1 Å². The highest BCUT2D eigenvalue weighted by atomic mass is 35.5. The first-order valence-electron chi connectivity index (χ1n) is 5.66. The van der Waals surface area contributed by atoms with Crippen LogP contribution in [-0.4, -0.2) is 51.3 Å². The fraction of sp³-hybridized carbons (Fsp3) is 0.818. The van der Waals surface area contributed by atoms with Crippen molar-refractivity contribution in [1.29, 1.82) is 0 Å². The van der Waals surface area contributed by atoms with Gasteiger partial charge in [-0.05, 0) is 13.8 Å². The van der Waals surface area contributed by atoms with Gasteiger partial charge >= 0.3 is 5.97 Å². The number of amides is 1. The third-order valence-corrected chi connectivity index (χ3v) is 2.66. The van der Waals surface area contributed by atoms with E-state index in [1.54, 1.807) is 13.8 Å². The first-order chi connectivity index (χ1) is 7.97. The molecule has 1 fully saturated rings. The zero-order chi connectivity index (χ0) is 12.9. The molecule has 0 spiro atoms. The third-order valence-electron chi connectivity index (χ3n) is 2.66. The van der Waals surface area contributed by atoms with E-state index in [1.807, 2.05) is 0 Å². The molecule has 1 atom stereocenters. The molecule has 106 valence electrons. The number of esters is 1. The van der Waals surface area contributed by atoms with Crippen LogP contribution in [0.1, 0.15) is 13.8 Å². The molecule has 0 aliphatic carbocycles. The molecule has 0 bridgehead atoms. The molecule has 1 rings (SSSR count). The highest BCUT2D eigenvalue weighted by Gasteiger charge is 2.30. The number of rotatable bonds is 4. The van der Waals surface area contributed by atoms with Crippen molar-refractivity contribution in [2.24, 2.45) is 5.41 Å². The topological polar surface area (TPSA) is 76.7 Å². The van der Waals surface area contributed by atoms with Crippen LogP contribution in [0.5, 0.6) is 0 Å². The lowest BCUT2D eigenvalue weighted by Gasteiger charge is -2.26. The Labute approximate surface area is 113 Å². The summed E-state index contributed by atoms with van der Waals surface area (Å²) in [6.45, 7) is 5.47. The number of methoxy groups -OCH3 is 1. The van der Waals surface area contributed by atoms with Crippen molar-refractivity contribution in [3.8, 4) is 0 Å². The van der Waals surface area contributed by atoms with Gasteiger partial charge in [0.2, 0.25) is 5.91 Å². The molecule has 18 heavy (non-hydrogen) atoms. The Kier molecular flexibility index (Phi) is 7.20. The van der Waals surface area contributed by atoms with E-state index in [0.29, 0.717) is 13.2 Å². The lowest BCUT2D eigenvalue weighted by molar-refractivity contribution is -0.151. The van der Waals surface area contributed by atoms with E-state index in [1.165, 1.54) is 7.11 Å². The van der Waals surface area contributed by atoms with Gasteiger partial charge in [0.25, 0.3) is 0 Å². The van der Waals surface area contributed by atoms with Gasteiger partial charge in [0, 0.05) is 19.6 Å². The van der Waals surface area contributed by atoms with Gasteiger partial charge in [-0.15, -0.1) is 12.4 Å². The van der Waals surface area contributed by atoms with Crippen LogP contribution in [0.15, 0.2) is 0 Å². The number of hydrogen-bond acceptors (Lipinski definition) is 5. The molecule has 0 aromatic carbocycles. The molecule has 1 unspecified atom stereocenters. The quantitative estimate of drug-likeness (QED) is 0.692. The van der Waals surface area contributed by atoms with Gasteiger partial charge in [0.05, 0.1) is 19.1 Å². The molecule has 6 nitrogen and oxygen atoms in total. The molecule has 1 heterocycles. The minimum atomic E-state index is -0.730. The lowest BCUT2D eigenvalue weighted by atomic mass is 9.93. The summed E-state index contributed by atoms with van der Waals surface area (Å²) in [7, 11) is 1.33. The average Bonchev–Trinajstić information content (AvgIpc) is 2.36. The first-order valence-corrected chi connectivity index (χ1v) is 5.66. The summed E-state index contributed by atoms with van der Waals surface area (Å²) < 4.78 is 9.96. The van der Waals surface area contributed by atoms with Gasteiger partial charge in [0.15, 0.2) is 0 Å². The van der Waals surface area contributed by atoms with E-state index in [2.05, 4.69) is 15.4 Å². The SMILES string of the molecule is COC(=O)C(C)(C)CNC(=O)C1CNCCO1.Cl. The van der Waals surface area contributed by atoms with E-state index in [-0.39, 0.29) is 30.8 Å². The van der Waals surface area contributed by atoms with Crippen LogP contribution in [0.25, 0.3) is 0 Å². The number of carbonyl (C=O) groups excluding carboxylic acids is 2. The Balaban J connectivity index is 0.00000289. The first kappa shape index (κ1) is 17.2. The largest absolute Gasteiger partial charge is 0.469 e. The van der Waals surface area contributed by atoms with Crippen molar-refractivity contribution in [2.75, 3.05) is 33.4 Å². The van der Waals surface area contributed by atoms with E-state index >= 15 is 0 Å². The summed E-state index contributed by atoms with van der Waals surface area (Å²) in [5.74, 6) is -0.547. The maximum absolute atomic E-state index is 11.7. The summed E-state index contributed by atoms with van der Waals surface area (Å²) in [6.07, 6.45) is -0.475. The fourth-order valence-corrected chi connectivity index (χ4v) is 1.50. The molecule has 1 aliphatic heterocycles. The predicted octanol–water partition coefficient (Wildman–Crippen LogP) is -0.288. The Hall–Kier alpha value is -0.850. The van der Waals surface area contributed by atoms with Crippen LogP contribution in [0.4, 0.5) is 0 Å². The summed E-state index contributed by atoms with van der Waals surface area (Å²) in [6, 6.07) is 0. The predicted molar refractivity (Wildman–Crippen MR) is 68.7 cm³/mol. The normalized spacial score (nSPS) is 19.6. The smallest absolute Gasteiger partial charge is 0.313 e. The summed E-state index contributed by atoms with van der Waals surface area (Å²) in [5, 5.41) is 5.77. The molecular formula is C11H21ClN2O4. The second kappa shape index (κ2) is 7.56. The second-order valence-corrected chi connectivity index (χ2v) is 4.66. The summed E-state index contributed by atoms with van der Waals surface area (Å²) in [5.41, 5.74) is -0.730. The molecule has 1 amide bonds. The van der Waals surface area contributed by atoms with Crippen LogP contribution < -0.4 is 10.6 Å². The summed E-state index contributed by atoms with van der Waals surface area (Å²) >= 11 is 0. The maximum atomic E-state index is 11.7. The fourth-order valence-electron chi connectivity index (χ4n) is 1.50. The zero-order valence-electron chi connectivity index (χ0n) is 10.9.